The maximum Gasteiger partial charge on any atom is 0.224 e. The van der Waals surface area contributed by atoms with Gasteiger partial charge in [0, 0.05) is 17.5 Å². The molecule has 2 aromatic rings. The van der Waals surface area contributed by atoms with Crippen LogP contribution in [0.1, 0.15) is 6.42 Å². The second kappa shape index (κ2) is 6.58. The maximum absolute atomic E-state index is 11.5. The fourth-order valence-electron chi connectivity index (χ4n) is 2.60. The highest BCUT2D eigenvalue weighted by Gasteiger charge is 2.27. The molecule has 8 nitrogen and oxygen atoms in total. The van der Waals surface area contributed by atoms with Gasteiger partial charge in [0.1, 0.15) is 0 Å². The van der Waals surface area contributed by atoms with Gasteiger partial charge in [0.05, 0.1) is 31.2 Å². The van der Waals surface area contributed by atoms with Crippen LogP contribution in [-0.4, -0.2) is 50.2 Å². The number of anilines is 1. The Morgan fingerprint density at radius 2 is 1.92 bits per heavy atom. The Hall–Kier alpha value is -1.84. The molecule has 0 spiro atoms. The summed E-state index contributed by atoms with van der Waals surface area (Å²) in [7, 11) is 0.104. The van der Waals surface area contributed by atoms with Crippen LogP contribution in [0.2, 0.25) is 5.28 Å². The van der Waals surface area contributed by atoms with Crippen molar-refractivity contribution < 1.29 is 17.9 Å². The molecule has 0 aliphatic carbocycles. The Balaban J connectivity index is 1.92. The third-order valence-electron chi connectivity index (χ3n) is 3.80. The first kappa shape index (κ1) is 17.0. The van der Waals surface area contributed by atoms with E-state index in [1.165, 1.54) is 14.2 Å². The van der Waals surface area contributed by atoms with Gasteiger partial charge in [-0.15, -0.1) is 0 Å². The van der Waals surface area contributed by atoms with Crippen LogP contribution in [0.15, 0.2) is 12.1 Å². The predicted molar refractivity (Wildman–Crippen MR) is 91.5 cm³/mol. The van der Waals surface area contributed by atoms with Crippen molar-refractivity contribution in [2.45, 2.75) is 12.5 Å². The summed E-state index contributed by atoms with van der Waals surface area (Å²) in [5, 5.41) is 0.739. The first-order valence-electron chi connectivity index (χ1n) is 7.23. The largest absolute Gasteiger partial charge is 0.493 e. The van der Waals surface area contributed by atoms with Crippen LogP contribution in [0.4, 0.5) is 5.82 Å². The van der Waals surface area contributed by atoms with Gasteiger partial charge in [-0.1, -0.05) is 0 Å². The molecule has 1 atom stereocenters. The SMILES string of the molecule is COc1cc2nc(Cl)nc(NNC3CCS(=O)(=O)C3)c2cc1OC. The van der Waals surface area contributed by atoms with E-state index < -0.39 is 9.84 Å². The monoisotopic (exact) mass is 372 g/mol. The number of hydrazine groups is 1. The van der Waals surface area contributed by atoms with E-state index in [9.17, 15) is 8.42 Å². The molecule has 2 heterocycles. The Morgan fingerprint density at radius 3 is 2.54 bits per heavy atom. The number of methoxy groups -OCH3 is 2. The third-order valence-corrected chi connectivity index (χ3v) is 5.74. The summed E-state index contributed by atoms with van der Waals surface area (Å²) in [6.07, 6.45) is 0.545. The van der Waals surface area contributed by atoms with Crippen LogP contribution in [0, 0.1) is 0 Å². The van der Waals surface area contributed by atoms with Crippen LogP contribution < -0.4 is 20.3 Å². The Labute approximate surface area is 144 Å². The molecule has 0 radical (unpaired) electrons. The predicted octanol–water partition coefficient (Wildman–Crippen LogP) is 1.40. The van der Waals surface area contributed by atoms with Crippen LogP contribution in [0.5, 0.6) is 11.5 Å². The number of nitrogens with one attached hydrogen (secondary N) is 2. The van der Waals surface area contributed by atoms with Gasteiger partial charge in [-0.3, -0.25) is 0 Å². The van der Waals surface area contributed by atoms with Gasteiger partial charge in [0.25, 0.3) is 0 Å². The number of ether oxygens (including phenoxy) is 2. The molecule has 1 aliphatic rings. The number of nitrogens with zero attached hydrogens (tertiary/aromatic N) is 2. The second-order valence-corrected chi connectivity index (χ2v) is 8.00. The van der Waals surface area contributed by atoms with E-state index in [1.54, 1.807) is 12.1 Å². The van der Waals surface area contributed by atoms with Gasteiger partial charge in [0.15, 0.2) is 27.2 Å². The number of halogens is 1. The molecule has 1 aromatic heterocycles. The molecular formula is C14H17ClN4O4S. The molecule has 1 aromatic carbocycles. The van der Waals surface area contributed by atoms with E-state index in [-0.39, 0.29) is 22.8 Å². The minimum absolute atomic E-state index is 0.0677. The fraction of sp³-hybridized carbons (Fsp3) is 0.429. The van der Waals surface area contributed by atoms with E-state index in [1.807, 2.05) is 0 Å². The van der Waals surface area contributed by atoms with Gasteiger partial charge >= 0.3 is 0 Å². The highest BCUT2D eigenvalue weighted by atomic mass is 35.5. The van der Waals surface area contributed by atoms with E-state index in [2.05, 4.69) is 20.8 Å². The first-order valence-corrected chi connectivity index (χ1v) is 9.43. The average Bonchev–Trinajstić information content (AvgIpc) is 2.90. The fourth-order valence-corrected chi connectivity index (χ4v) is 4.45. The highest BCUT2D eigenvalue weighted by Crippen LogP contribution is 2.34. The quantitative estimate of drug-likeness (QED) is 0.599. The minimum Gasteiger partial charge on any atom is -0.493 e. The summed E-state index contributed by atoms with van der Waals surface area (Å²) in [6.45, 7) is 0. The summed E-state index contributed by atoms with van der Waals surface area (Å²) < 4.78 is 33.6. The first-order chi connectivity index (χ1) is 11.4. The molecule has 1 saturated heterocycles. The molecular weight excluding hydrogens is 356 g/mol. The number of rotatable bonds is 5. The molecule has 3 rings (SSSR count). The summed E-state index contributed by atoms with van der Waals surface area (Å²) in [5.41, 5.74) is 6.52. The maximum atomic E-state index is 11.5. The van der Waals surface area contributed by atoms with Crippen molar-refractivity contribution in [3.63, 3.8) is 0 Å². The van der Waals surface area contributed by atoms with Crippen molar-refractivity contribution in [3.05, 3.63) is 17.4 Å². The molecule has 130 valence electrons. The molecule has 1 aliphatic heterocycles. The molecule has 10 heteroatoms. The van der Waals surface area contributed by atoms with Crippen molar-refractivity contribution >= 4 is 38.2 Å². The topological polar surface area (TPSA) is 102 Å². The Kier molecular flexibility index (Phi) is 4.66. The molecule has 0 amide bonds. The van der Waals surface area contributed by atoms with Crippen molar-refractivity contribution in [1.82, 2.24) is 15.4 Å². The summed E-state index contributed by atoms with van der Waals surface area (Å²) in [6, 6.07) is 3.26. The number of hydrogen-bond donors (Lipinski definition) is 2. The minimum atomic E-state index is -2.97. The van der Waals surface area contributed by atoms with Gasteiger partial charge in [-0.05, 0) is 24.1 Å². The smallest absolute Gasteiger partial charge is 0.224 e. The lowest BCUT2D eigenvalue weighted by atomic mass is 10.2. The van der Waals surface area contributed by atoms with Crippen molar-refractivity contribution in [3.8, 4) is 11.5 Å². The highest BCUT2D eigenvalue weighted by molar-refractivity contribution is 7.91. The standard InChI is InChI=1S/C14H17ClN4O4S/c1-22-11-5-9-10(6-12(11)23-2)16-14(15)17-13(9)19-18-8-3-4-24(20,21)7-8/h5-6,8,18H,3-4,7H2,1-2H3,(H,16,17,19). The lowest BCUT2D eigenvalue weighted by Crippen LogP contribution is -2.35. The van der Waals surface area contributed by atoms with Crippen LogP contribution in [0.25, 0.3) is 10.9 Å². The summed E-state index contributed by atoms with van der Waals surface area (Å²) >= 11 is 5.98. The normalized spacial score (nSPS) is 19.4. The Bertz CT molecular complexity index is 875. The van der Waals surface area contributed by atoms with Crippen LogP contribution in [-0.2, 0) is 9.84 Å². The molecule has 0 saturated carbocycles. The Morgan fingerprint density at radius 1 is 1.21 bits per heavy atom. The molecule has 24 heavy (non-hydrogen) atoms. The molecule has 1 unspecified atom stereocenters. The number of sulfone groups is 1. The lowest BCUT2D eigenvalue weighted by molar-refractivity contribution is 0.356. The number of hydrogen-bond acceptors (Lipinski definition) is 8. The zero-order valence-electron chi connectivity index (χ0n) is 13.2. The van der Waals surface area contributed by atoms with E-state index in [0.29, 0.717) is 34.6 Å². The number of fused-ring (bicyclic) bond motifs is 1. The van der Waals surface area contributed by atoms with Gasteiger partial charge in [-0.2, -0.15) is 4.98 Å². The average molecular weight is 373 g/mol. The molecule has 1 fully saturated rings. The van der Waals surface area contributed by atoms with Crippen LogP contribution >= 0.6 is 11.6 Å². The van der Waals surface area contributed by atoms with E-state index >= 15 is 0 Å². The third kappa shape index (κ3) is 3.47. The van der Waals surface area contributed by atoms with Gasteiger partial charge in [0.2, 0.25) is 5.28 Å². The van der Waals surface area contributed by atoms with Crippen molar-refractivity contribution in [2.24, 2.45) is 0 Å². The number of aromatic nitrogens is 2. The molecule has 0 bridgehead atoms. The van der Waals surface area contributed by atoms with Crippen molar-refractivity contribution in [2.75, 3.05) is 31.2 Å². The zero-order valence-corrected chi connectivity index (χ0v) is 14.7. The van der Waals surface area contributed by atoms with Crippen molar-refractivity contribution in [1.29, 1.82) is 0 Å². The summed E-state index contributed by atoms with van der Waals surface area (Å²) in [5.74, 6) is 1.77. The van der Waals surface area contributed by atoms with Crippen LogP contribution in [0.3, 0.4) is 0 Å². The zero-order chi connectivity index (χ0) is 17.3. The molecule has 2 N–H and O–H groups in total. The van der Waals surface area contributed by atoms with Gasteiger partial charge in [-0.25, -0.2) is 18.8 Å². The van der Waals surface area contributed by atoms with E-state index in [4.69, 9.17) is 21.1 Å². The number of benzene rings is 1. The summed E-state index contributed by atoms with van der Waals surface area (Å²) in [4.78, 5) is 8.34. The lowest BCUT2D eigenvalue weighted by Gasteiger charge is -2.15. The second-order valence-electron chi connectivity index (χ2n) is 5.43. The van der Waals surface area contributed by atoms with E-state index in [0.717, 1.165) is 0 Å². The van der Waals surface area contributed by atoms with Gasteiger partial charge < -0.3 is 14.9 Å².